The number of carbonyl (C=O) groups excluding carboxylic acids is 1. The lowest BCUT2D eigenvalue weighted by molar-refractivity contribution is 0.0657. The van der Waals surface area contributed by atoms with E-state index in [-0.39, 0.29) is 16.9 Å². The summed E-state index contributed by atoms with van der Waals surface area (Å²) >= 11 is 0. The fourth-order valence-electron chi connectivity index (χ4n) is 2.71. The van der Waals surface area contributed by atoms with Crippen molar-refractivity contribution in [2.24, 2.45) is 0 Å². The van der Waals surface area contributed by atoms with Gasteiger partial charge < -0.3 is 10.1 Å². The van der Waals surface area contributed by atoms with Gasteiger partial charge in [-0.05, 0) is 67.9 Å². The Morgan fingerprint density at radius 3 is 2.27 bits per heavy atom. The Morgan fingerprint density at radius 1 is 0.900 bits per heavy atom. The second kappa shape index (κ2) is 9.56. The summed E-state index contributed by atoms with van der Waals surface area (Å²) in [6, 6.07) is 21.8. The van der Waals surface area contributed by atoms with Crippen LogP contribution in [0.2, 0.25) is 0 Å². The van der Waals surface area contributed by atoms with Crippen LogP contribution >= 0.6 is 0 Å². The summed E-state index contributed by atoms with van der Waals surface area (Å²) in [6.07, 6.45) is 0.126. The van der Waals surface area contributed by atoms with Crippen LogP contribution in [0.3, 0.4) is 0 Å². The zero-order valence-electron chi connectivity index (χ0n) is 16.8. The van der Waals surface area contributed by atoms with Gasteiger partial charge in [0.15, 0.2) is 0 Å². The largest absolute Gasteiger partial charge is 0.374 e. The molecule has 3 aromatic rings. The third-order valence-electron chi connectivity index (χ3n) is 4.22. The van der Waals surface area contributed by atoms with E-state index in [9.17, 15) is 13.2 Å². The maximum Gasteiger partial charge on any atom is 0.261 e. The summed E-state index contributed by atoms with van der Waals surface area (Å²) in [5.41, 5.74) is 2.43. The van der Waals surface area contributed by atoms with Crippen LogP contribution in [0, 0.1) is 0 Å². The molecule has 0 aromatic heterocycles. The predicted molar refractivity (Wildman–Crippen MR) is 118 cm³/mol. The van der Waals surface area contributed by atoms with Crippen LogP contribution < -0.4 is 10.0 Å². The Kier molecular flexibility index (Phi) is 6.87. The van der Waals surface area contributed by atoms with E-state index in [1.165, 1.54) is 12.1 Å². The smallest absolute Gasteiger partial charge is 0.261 e. The number of carbonyl (C=O) groups is 1. The van der Waals surface area contributed by atoms with E-state index < -0.39 is 10.0 Å². The van der Waals surface area contributed by atoms with Crippen LogP contribution in [0.5, 0.6) is 0 Å². The molecule has 0 heterocycles. The normalized spacial score (nSPS) is 11.3. The molecule has 0 saturated heterocycles. The molecule has 6 nitrogen and oxygen atoms in total. The topological polar surface area (TPSA) is 84.5 Å². The van der Waals surface area contributed by atoms with Crippen molar-refractivity contribution in [1.82, 2.24) is 0 Å². The number of ether oxygens (including phenoxy) is 1. The highest BCUT2D eigenvalue weighted by Crippen LogP contribution is 2.18. The second-order valence-electron chi connectivity index (χ2n) is 7.01. The number of hydrogen-bond acceptors (Lipinski definition) is 4. The number of sulfonamides is 1. The summed E-state index contributed by atoms with van der Waals surface area (Å²) in [7, 11) is -3.67. The Balaban J connectivity index is 1.65. The first-order valence-corrected chi connectivity index (χ1v) is 11.0. The SMILES string of the molecule is CC(C)OCc1cccc(NC(=O)c2ccc(NS(=O)(=O)c3ccccc3)cc2)c1. The first-order chi connectivity index (χ1) is 14.3. The Bertz CT molecular complexity index is 1100. The molecule has 2 N–H and O–H groups in total. The van der Waals surface area contributed by atoms with Crippen molar-refractivity contribution in [3.8, 4) is 0 Å². The van der Waals surface area contributed by atoms with Crippen LogP contribution in [0.1, 0.15) is 29.8 Å². The molecule has 0 fully saturated rings. The maximum atomic E-state index is 12.5. The molecule has 156 valence electrons. The Hall–Kier alpha value is -3.16. The summed E-state index contributed by atoms with van der Waals surface area (Å²) in [4.78, 5) is 12.7. The number of hydrogen-bond donors (Lipinski definition) is 2. The van der Waals surface area contributed by atoms with Crippen molar-refractivity contribution in [2.75, 3.05) is 10.0 Å². The number of anilines is 2. The number of rotatable bonds is 8. The number of benzene rings is 3. The fraction of sp³-hybridized carbons (Fsp3) is 0.174. The molecular weight excluding hydrogens is 400 g/mol. The predicted octanol–water partition coefficient (Wildman–Crippen LogP) is 4.66. The van der Waals surface area contributed by atoms with E-state index in [4.69, 9.17) is 4.74 Å². The summed E-state index contributed by atoms with van der Waals surface area (Å²) < 4.78 is 32.9. The van der Waals surface area contributed by atoms with Gasteiger partial charge >= 0.3 is 0 Å². The molecule has 0 saturated carbocycles. The third kappa shape index (κ3) is 5.92. The van der Waals surface area contributed by atoms with E-state index in [0.29, 0.717) is 23.5 Å². The highest BCUT2D eigenvalue weighted by atomic mass is 32.2. The van der Waals surface area contributed by atoms with Crippen molar-refractivity contribution in [2.45, 2.75) is 31.5 Å². The molecular formula is C23H24N2O4S. The van der Waals surface area contributed by atoms with Crippen molar-refractivity contribution in [3.63, 3.8) is 0 Å². The van der Waals surface area contributed by atoms with Gasteiger partial charge in [-0.3, -0.25) is 9.52 Å². The van der Waals surface area contributed by atoms with Gasteiger partial charge in [0.05, 0.1) is 17.6 Å². The van der Waals surface area contributed by atoms with Crippen molar-refractivity contribution < 1.29 is 17.9 Å². The van der Waals surface area contributed by atoms with Gasteiger partial charge in [-0.1, -0.05) is 30.3 Å². The highest BCUT2D eigenvalue weighted by Gasteiger charge is 2.14. The molecule has 30 heavy (non-hydrogen) atoms. The van der Waals surface area contributed by atoms with Crippen molar-refractivity contribution in [3.05, 3.63) is 90.0 Å². The first-order valence-electron chi connectivity index (χ1n) is 9.53. The van der Waals surface area contributed by atoms with Gasteiger partial charge in [-0.25, -0.2) is 8.42 Å². The second-order valence-corrected chi connectivity index (χ2v) is 8.69. The van der Waals surface area contributed by atoms with E-state index in [2.05, 4.69) is 10.0 Å². The fourth-order valence-corrected chi connectivity index (χ4v) is 3.79. The molecule has 0 unspecified atom stereocenters. The molecule has 1 amide bonds. The molecule has 0 spiro atoms. The lowest BCUT2D eigenvalue weighted by atomic mass is 10.1. The van der Waals surface area contributed by atoms with Gasteiger partial charge in [0.1, 0.15) is 0 Å². The molecule has 0 aliphatic heterocycles. The minimum absolute atomic E-state index is 0.126. The zero-order chi connectivity index (χ0) is 21.6. The summed E-state index contributed by atoms with van der Waals surface area (Å²) in [6.45, 7) is 4.40. The van der Waals surface area contributed by atoms with Gasteiger partial charge in [0.25, 0.3) is 15.9 Å². The molecule has 7 heteroatoms. The Morgan fingerprint density at radius 2 is 1.60 bits per heavy atom. The van der Waals surface area contributed by atoms with Crippen LogP contribution in [-0.4, -0.2) is 20.4 Å². The lowest BCUT2D eigenvalue weighted by Crippen LogP contribution is -2.14. The lowest BCUT2D eigenvalue weighted by Gasteiger charge is -2.11. The molecule has 0 aliphatic carbocycles. The van der Waals surface area contributed by atoms with Crippen molar-refractivity contribution in [1.29, 1.82) is 0 Å². The van der Waals surface area contributed by atoms with Crippen LogP contribution in [-0.2, 0) is 21.4 Å². The molecule has 0 atom stereocenters. The van der Waals surface area contributed by atoms with Gasteiger partial charge in [-0.2, -0.15) is 0 Å². The minimum atomic E-state index is -3.67. The quantitative estimate of drug-likeness (QED) is 0.551. The average Bonchev–Trinajstić information content (AvgIpc) is 2.73. The van der Waals surface area contributed by atoms with Gasteiger partial charge in [0.2, 0.25) is 0 Å². The first kappa shape index (κ1) is 21.5. The highest BCUT2D eigenvalue weighted by molar-refractivity contribution is 7.92. The Labute approximate surface area is 177 Å². The van der Waals surface area contributed by atoms with Crippen LogP contribution in [0.15, 0.2) is 83.8 Å². The number of amides is 1. The average molecular weight is 425 g/mol. The van der Waals surface area contributed by atoms with Crippen LogP contribution in [0.4, 0.5) is 11.4 Å². The molecule has 3 aromatic carbocycles. The minimum Gasteiger partial charge on any atom is -0.374 e. The molecule has 0 aliphatic rings. The van der Waals surface area contributed by atoms with E-state index in [1.54, 1.807) is 48.5 Å². The summed E-state index contributed by atoms with van der Waals surface area (Å²) in [5, 5.41) is 2.85. The third-order valence-corrected chi connectivity index (χ3v) is 5.62. The molecule has 3 rings (SSSR count). The monoisotopic (exact) mass is 424 g/mol. The van der Waals surface area contributed by atoms with Crippen molar-refractivity contribution >= 4 is 27.3 Å². The maximum absolute atomic E-state index is 12.5. The van der Waals surface area contributed by atoms with E-state index >= 15 is 0 Å². The van der Waals surface area contributed by atoms with E-state index in [0.717, 1.165) is 5.56 Å². The zero-order valence-corrected chi connectivity index (χ0v) is 17.6. The van der Waals surface area contributed by atoms with E-state index in [1.807, 2.05) is 32.0 Å². The van der Waals surface area contributed by atoms with Gasteiger partial charge in [-0.15, -0.1) is 0 Å². The molecule has 0 bridgehead atoms. The van der Waals surface area contributed by atoms with Gasteiger partial charge in [0, 0.05) is 16.9 Å². The standard InChI is InChI=1S/C23H24N2O4S/c1-17(2)29-16-18-7-6-8-21(15-18)24-23(26)19-11-13-20(14-12-19)25-30(27,28)22-9-4-3-5-10-22/h3-15,17,25H,16H2,1-2H3,(H,24,26). The molecule has 0 radical (unpaired) electrons. The summed E-state index contributed by atoms with van der Waals surface area (Å²) in [5.74, 6) is -0.283. The number of nitrogens with one attached hydrogen (secondary N) is 2. The van der Waals surface area contributed by atoms with Crippen LogP contribution in [0.25, 0.3) is 0 Å².